The van der Waals surface area contributed by atoms with Crippen LogP contribution in [-0.2, 0) is 12.7 Å². The predicted molar refractivity (Wildman–Crippen MR) is 150 cm³/mol. The highest BCUT2D eigenvalue weighted by Gasteiger charge is 2.35. The van der Waals surface area contributed by atoms with Crippen LogP contribution in [0.5, 0.6) is 0 Å². The molecule has 1 saturated heterocycles. The van der Waals surface area contributed by atoms with E-state index in [-0.39, 0.29) is 20.5 Å². The summed E-state index contributed by atoms with van der Waals surface area (Å²) in [6.07, 6.45) is 2.71. The molecular formula is C29H32F3N7O. The molecule has 4 aromatic rings. The largest absolute Gasteiger partial charge is 0.416 e. The molecule has 210 valence electrons. The monoisotopic (exact) mass is 551 g/mol. The summed E-state index contributed by atoms with van der Waals surface area (Å²) in [6.45, 7) is 5.70. The van der Waals surface area contributed by atoms with Crippen molar-refractivity contribution in [2.75, 3.05) is 23.7 Å². The van der Waals surface area contributed by atoms with E-state index in [4.69, 9.17) is 0 Å². The quantitative estimate of drug-likeness (QED) is 0.267. The molecule has 0 bridgehead atoms. The molecule has 0 radical (unpaired) electrons. The standard InChI is InChI=1S/C29H28F3N7O.2H2/c1-18-8-10-39(15-18)16-21-5-4-20(11-24(21)29(30,31)32)27(40)36-23-6-3-19(2)26(12-23)38-28-35-9-7-25(37-28)22-13-33-17-34-14-22;;/h3-7,9,11-14,17-18H,8,10,15-16H2,1-2H3,(H,36,40)(H,35,37,38);2*1H/t18-;;/m0../s1. The summed E-state index contributed by atoms with van der Waals surface area (Å²) in [4.78, 5) is 31.8. The van der Waals surface area contributed by atoms with Crippen molar-refractivity contribution >= 4 is 23.2 Å². The first-order valence-corrected chi connectivity index (χ1v) is 12.9. The Morgan fingerprint density at radius 1 is 1.12 bits per heavy atom. The lowest BCUT2D eigenvalue weighted by Crippen LogP contribution is -2.23. The van der Waals surface area contributed by atoms with Crippen LogP contribution < -0.4 is 10.6 Å². The van der Waals surface area contributed by atoms with Crippen molar-refractivity contribution in [3.05, 3.63) is 89.6 Å². The fraction of sp³-hybridized carbons (Fsp3) is 0.276. The van der Waals surface area contributed by atoms with Gasteiger partial charge in [0.15, 0.2) is 0 Å². The minimum absolute atomic E-state index is 0. The molecule has 2 aromatic carbocycles. The second-order valence-corrected chi connectivity index (χ2v) is 10.0. The smallest absolute Gasteiger partial charge is 0.324 e. The fourth-order valence-corrected chi connectivity index (χ4v) is 4.70. The van der Waals surface area contributed by atoms with Crippen molar-refractivity contribution in [2.24, 2.45) is 5.92 Å². The Kier molecular flexibility index (Phi) is 7.74. The number of aryl methyl sites for hydroxylation is 1. The number of rotatable bonds is 7. The van der Waals surface area contributed by atoms with Crippen molar-refractivity contribution in [2.45, 2.75) is 33.0 Å². The average Bonchev–Trinajstić information content (AvgIpc) is 3.35. The number of hydrogen-bond acceptors (Lipinski definition) is 7. The van der Waals surface area contributed by atoms with Gasteiger partial charge in [0, 0.05) is 57.0 Å². The van der Waals surface area contributed by atoms with Crippen LogP contribution in [0.4, 0.5) is 30.5 Å². The molecular weight excluding hydrogens is 519 g/mol. The van der Waals surface area contributed by atoms with E-state index in [1.54, 1.807) is 42.9 Å². The van der Waals surface area contributed by atoms with E-state index in [0.29, 0.717) is 28.9 Å². The molecule has 1 fully saturated rings. The number of amides is 1. The number of likely N-dealkylation sites (tertiary alicyclic amines) is 1. The van der Waals surface area contributed by atoms with E-state index >= 15 is 0 Å². The van der Waals surface area contributed by atoms with Crippen LogP contribution >= 0.6 is 0 Å². The number of hydrogen-bond donors (Lipinski definition) is 2. The highest BCUT2D eigenvalue weighted by molar-refractivity contribution is 6.04. The first kappa shape index (κ1) is 27.2. The van der Waals surface area contributed by atoms with Crippen LogP contribution in [0.1, 0.15) is 43.2 Å². The minimum Gasteiger partial charge on any atom is -0.324 e. The summed E-state index contributed by atoms with van der Waals surface area (Å²) in [5.41, 5.74) is 2.57. The summed E-state index contributed by atoms with van der Waals surface area (Å²) in [5, 5.41) is 5.85. The third-order valence-electron chi connectivity index (χ3n) is 6.83. The Hall–Kier alpha value is -4.38. The van der Waals surface area contributed by atoms with Gasteiger partial charge < -0.3 is 10.6 Å². The van der Waals surface area contributed by atoms with Crippen LogP contribution in [0.3, 0.4) is 0 Å². The van der Waals surface area contributed by atoms with E-state index < -0.39 is 17.6 Å². The number of anilines is 3. The van der Waals surface area contributed by atoms with E-state index in [2.05, 4.69) is 37.5 Å². The fourth-order valence-electron chi connectivity index (χ4n) is 4.70. The second-order valence-electron chi connectivity index (χ2n) is 10.0. The summed E-state index contributed by atoms with van der Waals surface area (Å²) in [7, 11) is 0. The first-order chi connectivity index (χ1) is 19.2. The molecule has 1 atom stereocenters. The van der Waals surface area contributed by atoms with Gasteiger partial charge in [-0.3, -0.25) is 9.69 Å². The normalized spacial score (nSPS) is 15.7. The van der Waals surface area contributed by atoms with Crippen molar-refractivity contribution in [1.29, 1.82) is 0 Å². The Labute approximate surface area is 232 Å². The molecule has 8 nitrogen and oxygen atoms in total. The van der Waals surface area contributed by atoms with Crippen LogP contribution in [-0.4, -0.2) is 43.8 Å². The number of carbonyl (C=O) groups excluding carboxylic acids is 1. The maximum absolute atomic E-state index is 13.9. The molecule has 0 spiro atoms. The Morgan fingerprint density at radius 2 is 1.93 bits per heavy atom. The zero-order valence-electron chi connectivity index (χ0n) is 22.0. The zero-order chi connectivity index (χ0) is 28.3. The lowest BCUT2D eigenvalue weighted by atomic mass is 10.0. The van der Waals surface area contributed by atoms with Gasteiger partial charge in [0.05, 0.1) is 11.3 Å². The molecule has 0 aliphatic carbocycles. The lowest BCUT2D eigenvalue weighted by Gasteiger charge is -2.20. The minimum atomic E-state index is -4.57. The van der Waals surface area contributed by atoms with Gasteiger partial charge in [-0.2, -0.15) is 13.2 Å². The van der Waals surface area contributed by atoms with E-state index in [1.165, 1.54) is 18.5 Å². The van der Waals surface area contributed by atoms with Crippen molar-refractivity contribution < 1.29 is 20.8 Å². The Bertz CT molecular complexity index is 1520. The van der Waals surface area contributed by atoms with Gasteiger partial charge >= 0.3 is 6.18 Å². The maximum atomic E-state index is 13.9. The predicted octanol–water partition coefficient (Wildman–Crippen LogP) is 6.59. The van der Waals surface area contributed by atoms with Crippen LogP contribution in [0, 0.1) is 12.8 Å². The van der Waals surface area contributed by atoms with Crippen molar-refractivity contribution in [3.63, 3.8) is 0 Å². The summed E-state index contributed by atoms with van der Waals surface area (Å²) < 4.78 is 41.8. The number of halogens is 3. The number of carbonyl (C=O) groups is 1. The average molecular weight is 552 g/mol. The number of nitrogens with one attached hydrogen (secondary N) is 2. The molecule has 11 heteroatoms. The number of benzene rings is 2. The maximum Gasteiger partial charge on any atom is 0.416 e. The van der Waals surface area contributed by atoms with Gasteiger partial charge in [0.25, 0.3) is 5.91 Å². The SMILES string of the molecule is Cc1ccc(NC(=O)c2ccc(CN3CC[C@H](C)C3)c(C(F)(F)F)c2)cc1Nc1nccc(-c2cncnc2)n1.[HH].[HH]. The highest BCUT2D eigenvalue weighted by Crippen LogP contribution is 2.34. The second kappa shape index (κ2) is 11.4. The molecule has 2 aromatic heterocycles. The van der Waals surface area contributed by atoms with E-state index in [1.807, 2.05) is 11.8 Å². The Morgan fingerprint density at radius 3 is 2.65 bits per heavy atom. The molecule has 1 aliphatic rings. The molecule has 3 heterocycles. The molecule has 5 rings (SSSR count). The lowest BCUT2D eigenvalue weighted by molar-refractivity contribution is -0.138. The third kappa shape index (κ3) is 6.42. The number of nitrogens with zero attached hydrogens (tertiary/aromatic N) is 5. The number of alkyl halides is 3. The van der Waals surface area contributed by atoms with Gasteiger partial charge in [0.2, 0.25) is 5.95 Å². The van der Waals surface area contributed by atoms with Crippen LogP contribution in [0.2, 0.25) is 0 Å². The zero-order valence-corrected chi connectivity index (χ0v) is 22.0. The summed E-state index contributed by atoms with van der Waals surface area (Å²) >= 11 is 0. The van der Waals surface area contributed by atoms with Gasteiger partial charge in [0.1, 0.15) is 6.33 Å². The summed E-state index contributed by atoms with van der Waals surface area (Å²) in [6, 6.07) is 10.7. The van der Waals surface area contributed by atoms with Gasteiger partial charge in [-0.25, -0.2) is 19.9 Å². The third-order valence-corrected chi connectivity index (χ3v) is 6.83. The van der Waals surface area contributed by atoms with Crippen molar-refractivity contribution in [3.8, 4) is 11.3 Å². The molecule has 0 saturated carbocycles. The Balaban J connectivity index is 0.00000242. The summed E-state index contributed by atoms with van der Waals surface area (Å²) in [5.74, 6) is 0.150. The molecule has 0 unspecified atom stereocenters. The van der Waals surface area contributed by atoms with Gasteiger partial charge in [-0.05, 0) is 67.3 Å². The molecule has 1 amide bonds. The highest BCUT2D eigenvalue weighted by atomic mass is 19.4. The van der Waals surface area contributed by atoms with Crippen LogP contribution in [0.15, 0.2) is 67.4 Å². The van der Waals surface area contributed by atoms with Crippen molar-refractivity contribution in [1.82, 2.24) is 24.8 Å². The molecule has 2 N–H and O–H groups in total. The van der Waals surface area contributed by atoms with E-state index in [0.717, 1.165) is 36.7 Å². The molecule has 40 heavy (non-hydrogen) atoms. The van der Waals surface area contributed by atoms with E-state index in [9.17, 15) is 18.0 Å². The first-order valence-electron chi connectivity index (χ1n) is 12.9. The van der Waals surface area contributed by atoms with Crippen LogP contribution in [0.25, 0.3) is 11.3 Å². The molecule has 1 aliphatic heterocycles. The van der Waals surface area contributed by atoms with Gasteiger partial charge in [-0.15, -0.1) is 0 Å². The van der Waals surface area contributed by atoms with Gasteiger partial charge in [-0.1, -0.05) is 19.1 Å². The number of aromatic nitrogens is 4. The topological polar surface area (TPSA) is 95.9 Å².